The number of nitrogens with one attached hydrogen (secondary N) is 2. The van der Waals surface area contributed by atoms with Gasteiger partial charge in [0.1, 0.15) is 5.82 Å². The number of anilines is 1. The number of amides is 2. The summed E-state index contributed by atoms with van der Waals surface area (Å²) in [4.78, 5) is 23.6. The minimum Gasteiger partial charge on any atom is -0.322 e. The zero-order chi connectivity index (χ0) is 18.5. The van der Waals surface area contributed by atoms with Crippen molar-refractivity contribution in [3.05, 3.63) is 89.7 Å². The molecule has 0 bridgehead atoms. The molecule has 3 rings (SSSR count). The Kier molecular flexibility index (Phi) is 5.05. The summed E-state index contributed by atoms with van der Waals surface area (Å²) in [7, 11) is 0. The molecule has 0 fully saturated rings. The van der Waals surface area contributed by atoms with Crippen LogP contribution in [0.1, 0.15) is 20.7 Å². The van der Waals surface area contributed by atoms with Gasteiger partial charge in [-0.1, -0.05) is 24.3 Å². The lowest BCUT2D eigenvalue weighted by atomic mass is 10.0. The molecule has 0 saturated carbocycles. The van der Waals surface area contributed by atoms with Gasteiger partial charge >= 0.3 is 0 Å². The van der Waals surface area contributed by atoms with Crippen LogP contribution in [0.2, 0.25) is 0 Å². The summed E-state index contributed by atoms with van der Waals surface area (Å²) in [5.74, 6) is -1.32. The Labute approximate surface area is 149 Å². The van der Waals surface area contributed by atoms with E-state index in [2.05, 4.69) is 5.32 Å². The van der Waals surface area contributed by atoms with Crippen molar-refractivity contribution in [2.45, 2.75) is 0 Å². The molecule has 0 heterocycles. The number of carbonyl (C=O) groups excluding carboxylic acids is 2. The molecule has 3 aromatic rings. The maximum atomic E-state index is 12.9. The van der Waals surface area contributed by atoms with E-state index in [-0.39, 0.29) is 5.91 Å². The average Bonchev–Trinajstić information content (AvgIpc) is 2.68. The minimum absolute atomic E-state index is 0.331. The lowest BCUT2D eigenvalue weighted by molar-refractivity contribution is 0.0706. The summed E-state index contributed by atoms with van der Waals surface area (Å²) < 4.78 is 12.9. The van der Waals surface area contributed by atoms with Gasteiger partial charge < -0.3 is 5.32 Å². The van der Waals surface area contributed by atoms with Crippen molar-refractivity contribution in [1.29, 1.82) is 0 Å². The summed E-state index contributed by atoms with van der Waals surface area (Å²) in [5.41, 5.74) is 4.55. The number of hydrogen-bond donors (Lipinski definition) is 3. The third-order valence-electron chi connectivity index (χ3n) is 3.81. The highest BCUT2D eigenvalue weighted by molar-refractivity contribution is 6.04. The predicted molar refractivity (Wildman–Crippen MR) is 95.5 cm³/mol. The van der Waals surface area contributed by atoms with E-state index >= 15 is 0 Å². The molecule has 0 unspecified atom stereocenters. The molecule has 26 heavy (non-hydrogen) atoms. The van der Waals surface area contributed by atoms with Crippen molar-refractivity contribution < 1.29 is 19.2 Å². The van der Waals surface area contributed by atoms with E-state index in [4.69, 9.17) is 5.21 Å². The number of hydroxylamine groups is 1. The molecule has 130 valence electrons. The van der Waals surface area contributed by atoms with E-state index in [0.717, 1.165) is 11.1 Å². The van der Waals surface area contributed by atoms with Crippen molar-refractivity contribution in [3.8, 4) is 11.1 Å². The van der Waals surface area contributed by atoms with E-state index in [9.17, 15) is 14.0 Å². The molecule has 0 aliphatic rings. The summed E-state index contributed by atoms with van der Waals surface area (Å²) in [6.07, 6.45) is 0. The van der Waals surface area contributed by atoms with Gasteiger partial charge in [-0.05, 0) is 59.7 Å². The van der Waals surface area contributed by atoms with Crippen LogP contribution in [0.5, 0.6) is 0 Å². The highest BCUT2D eigenvalue weighted by Gasteiger charge is 2.08. The number of rotatable bonds is 4. The highest BCUT2D eigenvalue weighted by Crippen LogP contribution is 2.23. The molecule has 0 aliphatic heterocycles. The number of benzene rings is 3. The minimum atomic E-state index is -0.586. The van der Waals surface area contributed by atoms with Crippen molar-refractivity contribution in [1.82, 2.24) is 5.48 Å². The monoisotopic (exact) mass is 350 g/mol. The Bertz CT molecular complexity index is 938. The molecule has 0 spiro atoms. The largest absolute Gasteiger partial charge is 0.322 e. The van der Waals surface area contributed by atoms with E-state index in [0.29, 0.717) is 16.8 Å². The Hall–Kier alpha value is -3.51. The zero-order valence-corrected chi connectivity index (χ0v) is 13.6. The van der Waals surface area contributed by atoms with Crippen molar-refractivity contribution >= 4 is 17.5 Å². The van der Waals surface area contributed by atoms with Gasteiger partial charge in [-0.25, -0.2) is 9.87 Å². The molecule has 3 N–H and O–H groups in total. The fourth-order valence-corrected chi connectivity index (χ4v) is 2.46. The topological polar surface area (TPSA) is 78.4 Å². The quantitative estimate of drug-likeness (QED) is 0.494. The molecular weight excluding hydrogens is 335 g/mol. The molecule has 0 atom stereocenters. The SMILES string of the molecule is O=C(NO)c1ccc(-c2cccc(NC(=O)c3ccc(F)cc3)c2)cc1. The molecule has 0 radical (unpaired) electrons. The maximum Gasteiger partial charge on any atom is 0.274 e. The maximum absolute atomic E-state index is 12.9. The first-order chi connectivity index (χ1) is 12.6. The Morgan fingerprint density at radius 2 is 1.38 bits per heavy atom. The summed E-state index contributed by atoms with van der Waals surface area (Å²) in [6, 6.07) is 19.2. The smallest absolute Gasteiger partial charge is 0.274 e. The molecule has 0 aliphatic carbocycles. The van der Waals surface area contributed by atoms with E-state index in [1.807, 2.05) is 6.07 Å². The van der Waals surface area contributed by atoms with Crippen molar-refractivity contribution in [2.24, 2.45) is 0 Å². The first-order valence-corrected chi connectivity index (χ1v) is 7.78. The second-order valence-electron chi connectivity index (χ2n) is 5.56. The van der Waals surface area contributed by atoms with Gasteiger partial charge in [-0.15, -0.1) is 0 Å². The van der Waals surface area contributed by atoms with Crippen LogP contribution in [0.15, 0.2) is 72.8 Å². The first-order valence-electron chi connectivity index (χ1n) is 7.78. The van der Waals surface area contributed by atoms with Crippen molar-refractivity contribution in [3.63, 3.8) is 0 Å². The standard InChI is InChI=1S/C20H15FN2O3/c21-17-10-8-14(9-11-17)19(24)22-18-3-1-2-16(12-18)13-4-6-15(7-5-13)20(25)23-26/h1-12,26H,(H,22,24)(H,23,25). The van der Waals surface area contributed by atoms with Gasteiger partial charge in [0.15, 0.2) is 0 Å². The lowest BCUT2D eigenvalue weighted by Crippen LogP contribution is -2.18. The van der Waals surface area contributed by atoms with Crippen LogP contribution in [0.4, 0.5) is 10.1 Å². The molecule has 3 aromatic carbocycles. The van der Waals surface area contributed by atoms with Crippen LogP contribution in [0, 0.1) is 5.82 Å². The van der Waals surface area contributed by atoms with Gasteiger partial charge in [0.2, 0.25) is 0 Å². The van der Waals surface area contributed by atoms with Crippen LogP contribution in [-0.4, -0.2) is 17.0 Å². The van der Waals surface area contributed by atoms with E-state index < -0.39 is 11.7 Å². The average molecular weight is 350 g/mol. The van der Waals surface area contributed by atoms with Crippen LogP contribution in [-0.2, 0) is 0 Å². The molecule has 6 heteroatoms. The predicted octanol–water partition coefficient (Wildman–Crippen LogP) is 3.86. The van der Waals surface area contributed by atoms with Gasteiger partial charge in [-0.3, -0.25) is 14.8 Å². The lowest BCUT2D eigenvalue weighted by Gasteiger charge is -2.08. The zero-order valence-electron chi connectivity index (χ0n) is 13.6. The Balaban J connectivity index is 1.78. The van der Waals surface area contributed by atoms with Gasteiger partial charge in [-0.2, -0.15) is 0 Å². The Morgan fingerprint density at radius 1 is 0.769 bits per heavy atom. The number of carbonyl (C=O) groups is 2. The number of halogens is 1. The fourth-order valence-electron chi connectivity index (χ4n) is 2.46. The summed E-state index contributed by atoms with van der Waals surface area (Å²) >= 11 is 0. The molecule has 5 nitrogen and oxygen atoms in total. The molecule has 0 aromatic heterocycles. The summed E-state index contributed by atoms with van der Waals surface area (Å²) in [6.45, 7) is 0. The van der Waals surface area contributed by atoms with Gasteiger partial charge in [0.05, 0.1) is 0 Å². The fraction of sp³-hybridized carbons (Fsp3) is 0. The van der Waals surface area contributed by atoms with Gasteiger partial charge in [0.25, 0.3) is 11.8 Å². The third-order valence-corrected chi connectivity index (χ3v) is 3.81. The summed E-state index contributed by atoms with van der Waals surface area (Å²) in [5, 5.41) is 11.4. The molecule has 0 saturated heterocycles. The van der Waals surface area contributed by atoms with E-state index in [1.54, 1.807) is 47.9 Å². The van der Waals surface area contributed by atoms with E-state index in [1.165, 1.54) is 24.3 Å². The van der Waals surface area contributed by atoms with Gasteiger partial charge in [0, 0.05) is 16.8 Å². The Morgan fingerprint density at radius 3 is 2.04 bits per heavy atom. The molecular formula is C20H15FN2O3. The molecule has 2 amide bonds. The van der Waals surface area contributed by atoms with Crippen molar-refractivity contribution in [2.75, 3.05) is 5.32 Å². The van der Waals surface area contributed by atoms with Crippen LogP contribution in [0.25, 0.3) is 11.1 Å². The number of hydrogen-bond acceptors (Lipinski definition) is 3. The normalized spacial score (nSPS) is 10.2. The second-order valence-corrected chi connectivity index (χ2v) is 5.56. The highest BCUT2D eigenvalue weighted by atomic mass is 19.1. The van der Waals surface area contributed by atoms with Crippen LogP contribution >= 0.6 is 0 Å². The third kappa shape index (κ3) is 3.93. The van der Waals surface area contributed by atoms with Crippen LogP contribution < -0.4 is 10.8 Å². The van der Waals surface area contributed by atoms with Crippen LogP contribution in [0.3, 0.4) is 0 Å². The first kappa shape index (κ1) is 17.3. The second kappa shape index (κ2) is 7.58.